The number of unbranched alkanes of at least 4 members (excludes halogenated alkanes) is 1. The Labute approximate surface area is 267 Å². The number of amides is 1. The van der Waals surface area contributed by atoms with Gasteiger partial charge < -0.3 is 29.0 Å². The zero-order valence-electron chi connectivity index (χ0n) is 26.9. The van der Waals surface area contributed by atoms with Crippen LogP contribution in [0.25, 0.3) is 0 Å². The quantitative estimate of drug-likeness (QED) is 0.168. The highest BCUT2D eigenvalue weighted by molar-refractivity contribution is 6.00. The third-order valence-electron chi connectivity index (χ3n) is 8.69. The molecule has 0 heterocycles. The Morgan fingerprint density at radius 1 is 0.778 bits per heavy atom. The zero-order chi connectivity index (χ0) is 31.9. The number of benzene rings is 2. The second-order valence-electron chi connectivity index (χ2n) is 12.0. The molecule has 0 radical (unpaired) electrons. The van der Waals surface area contributed by atoms with Crippen molar-refractivity contribution in [3.63, 3.8) is 0 Å². The van der Waals surface area contributed by atoms with Crippen LogP contribution in [0.15, 0.2) is 42.5 Å². The van der Waals surface area contributed by atoms with Crippen molar-refractivity contribution in [2.45, 2.75) is 95.6 Å². The molecule has 1 amide bonds. The Morgan fingerprint density at radius 3 is 2.29 bits per heavy atom. The fraction of sp³-hybridized carbons (Fsp3) is 0.583. The molecule has 2 unspecified atom stereocenters. The number of ether oxygens (including phenoxy) is 5. The molecule has 2 aliphatic rings. The molecule has 2 atom stereocenters. The number of rotatable bonds is 16. The zero-order valence-corrected chi connectivity index (χ0v) is 26.9. The molecular weight excluding hydrogens is 574 g/mol. The van der Waals surface area contributed by atoms with E-state index in [1.807, 2.05) is 12.1 Å². The van der Waals surface area contributed by atoms with Crippen LogP contribution in [0.3, 0.4) is 0 Å². The van der Waals surface area contributed by atoms with Crippen molar-refractivity contribution in [2.24, 2.45) is 5.92 Å². The van der Waals surface area contributed by atoms with E-state index in [2.05, 4.69) is 17.4 Å². The van der Waals surface area contributed by atoms with Crippen molar-refractivity contribution in [1.29, 1.82) is 0 Å². The van der Waals surface area contributed by atoms with E-state index in [0.717, 1.165) is 57.3 Å². The molecular formula is C36H49NO8. The van der Waals surface area contributed by atoms with Gasteiger partial charge in [0.05, 0.1) is 50.6 Å². The number of hydrogen-bond donors (Lipinski definition) is 1. The summed E-state index contributed by atoms with van der Waals surface area (Å²) in [7, 11) is 2.68. The third-order valence-corrected chi connectivity index (χ3v) is 8.69. The van der Waals surface area contributed by atoms with Crippen LogP contribution in [0, 0.1) is 5.92 Å². The van der Waals surface area contributed by atoms with Crippen LogP contribution in [0.4, 0.5) is 0 Å². The molecule has 246 valence electrons. The highest BCUT2D eigenvalue weighted by Gasteiger charge is 2.29. The van der Waals surface area contributed by atoms with Gasteiger partial charge in [-0.2, -0.15) is 0 Å². The van der Waals surface area contributed by atoms with Crippen molar-refractivity contribution in [2.75, 3.05) is 34.0 Å². The Morgan fingerprint density at radius 2 is 1.53 bits per heavy atom. The number of nitrogens with one attached hydrogen (secondary N) is 1. The Bertz CT molecular complexity index is 1220. The first kappa shape index (κ1) is 34.3. The molecule has 4 rings (SSSR count). The van der Waals surface area contributed by atoms with Crippen molar-refractivity contribution < 1.29 is 38.1 Å². The van der Waals surface area contributed by atoms with Crippen LogP contribution in [0.2, 0.25) is 0 Å². The van der Waals surface area contributed by atoms with Gasteiger partial charge in [-0.05, 0) is 93.7 Å². The maximum atomic E-state index is 13.3. The first-order chi connectivity index (χ1) is 22.0. The van der Waals surface area contributed by atoms with Gasteiger partial charge in [0.25, 0.3) is 5.91 Å². The lowest BCUT2D eigenvalue weighted by Crippen LogP contribution is -2.40. The minimum atomic E-state index is -0.532. The van der Waals surface area contributed by atoms with E-state index in [1.54, 1.807) is 12.1 Å². The number of carbonyl (C=O) groups excluding carboxylic acids is 3. The fourth-order valence-electron chi connectivity index (χ4n) is 6.13. The van der Waals surface area contributed by atoms with Crippen molar-refractivity contribution in [1.82, 2.24) is 5.32 Å². The van der Waals surface area contributed by atoms with Gasteiger partial charge in [-0.1, -0.05) is 37.8 Å². The molecule has 9 nitrogen and oxygen atoms in total. The fourth-order valence-corrected chi connectivity index (χ4v) is 6.13. The van der Waals surface area contributed by atoms with Gasteiger partial charge in [-0.3, -0.25) is 9.59 Å². The van der Waals surface area contributed by atoms with Gasteiger partial charge in [0.1, 0.15) is 11.5 Å². The topological polar surface area (TPSA) is 109 Å². The highest BCUT2D eigenvalue weighted by atomic mass is 16.5. The summed E-state index contributed by atoms with van der Waals surface area (Å²) in [6.07, 6.45) is 13.2. The summed E-state index contributed by atoms with van der Waals surface area (Å²) < 4.78 is 27.7. The van der Waals surface area contributed by atoms with Crippen molar-refractivity contribution in [3.05, 3.63) is 59.2 Å². The van der Waals surface area contributed by atoms with Crippen LogP contribution in [0.1, 0.15) is 103 Å². The van der Waals surface area contributed by atoms with Crippen LogP contribution < -0.4 is 14.8 Å². The average molecular weight is 624 g/mol. The van der Waals surface area contributed by atoms with Gasteiger partial charge in [0.15, 0.2) is 0 Å². The number of carbonyl (C=O) groups is 3. The first-order valence-corrected chi connectivity index (χ1v) is 16.5. The summed E-state index contributed by atoms with van der Waals surface area (Å²) in [4.78, 5) is 37.6. The van der Waals surface area contributed by atoms with E-state index in [4.69, 9.17) is 23.7 Å². The molecule has 9 heteroatoms. The molecule has 0 saturated heterocycles. The van der Waals surface area contributed by atoms with E-state index >= 15 is 0 Å². The summed E-state index contributed by atoms with van der Waals surface area (Å²) in [5.41, 5.74) is 1.70. The average Bonchev–Trinajstić information content (AvgIpc) is 3.08. The molecule has 0 aromatic heterocycles. The molecule has 0 bridgehead atoms. The molecule has 1 N–H and O–H groups in total. The third kappa shape index (κ3) is 11.1. The first-order valence-electron chi connectivity index (χ1n) is 16.5. The molecule has 2 aromatic rings. The minimum absolute atomic E-state index is 0.169. The molecule has 45 heavy (non-hydrogen) atoms. The summed E-state index contributed by atoms with van der Waals surface area (Å²) >= 11 is 0. The molecule has 0 spiro atoms. The normalized spacial score (nSPS) is 18.5. The highest BCUT2D eigenvalue weighted by Crippen LogP contribution is 2.27. The smallest absolute Gasteiger partial charge is 0.337 e. The second kappa shape index (κ2) is 18.4. The number of aryl methyl sites for hydroxylation is 1. The monoisotopic (exact) mass is 623 g/mol. The van der Waals surface area contributed by atoms with Crippen LogP contribution >= 0.6 is 0 Å². The molecule has 2 aliphatic carbocycles. The summed E-state index contributed by atoms with van der Waals surface area (Å²) in [6, 6.07) is 12.7. The SMILES string of the molecule is COC(=O)c1ccc(OCCCc2ccc(OCCCCOC3CCCCC3)cc2)c(C(=O)NC2CCCC(C(=O)OC)C2)c1. The molecule has 2 saturated carbocycles. The lowest BCUT2D eigenvalue weighted by atomic mass is 9.85. The van der Waals surface area contributed by atoms with Gasteiger partial charge in [0.2, 0.25) is 0 Å². The lowest BCUT2D eigenvalue weighted by Gasteiger charge is -2.28. The van der Waals surface area contributed by atoms with Crippen LogP contribution in [0.5, 0.6) is 11.5 Å². The van der Waals surface area contributed by atoms with Gasteiger partial charge in [0, 0.05) is 12.6 Å². The maximum absolute atomic E-state index is 13.3. The molecule has 2 fully saturated rings. The van der Waals surface area contributed by atoms with E-state index in [0.29, 0.717) is 31.5 Å². The predicted molar refractivity (Wildman–Crippen MR) is 171 cm³/mol. The second-order valence-corrected chi connectivity index (χ2v) is 12.0. The van der Waals surface area contributed by atoms with Gasteiger partial charge in [-0.15, -0.1) is 0 Å². The largest absolute Gasteiger partial charge is 0.494 e. The minimum Gasteiger partial charge on any atom is -0.494 e. The van der Waals surface area contributed by atoms with Crippen LogP contribution in [-0.2, 0) is 25.4 Å². The summed E-state index contributed by atoms with van der Waals surface area (Å²) in [5, 5.41) is 3.03. The Hall–Kier alpha value is -3.59. The van der Waals surface area contributed by atoms with E-state index in [1.165, 1.54) is 58.0 Å². The standard InChI is InChI=1S/C36H49NO8/c1-41-35(39)27-11-8-12-29(24-27)37-34(38)32-25-28(36(40)42-2)17-20-33(32)45-23-9-10-26-15-18-31(19-16-26)44-22-7-6-21-43-30-13-4-3-5-14-30/h15-20,25,27,29-30H,3-14,21-24H2,1-2H3,(H,37,38). The Balaban J connectivity index is 1.21. The molecule has 0 aliphatic heterocycles. The van der Waals surface area contributed by atoms with Crippen LogP contribution in [-0.4, -0.2) is 64.0 Å². The van der Waals surface area contributed by atoms with Gasteiger partial charge in [-0.25, -0.2) is 4.79 Å². The van der Waals surface area contributed by atoms with Gasteiger partial charge >= 0.3 is 11.9 Å². The van der Waals surface area contributed by atoms with E-state index in [-0.39, 0.29) is 35.0 Å². The summed E-state index contributed by atoms with van der Waals surface area (Å²) in [5.74, 6) is -0.108. The Kier molecular flexibility index (Phi) is 14.0. The maximum Gasteiger partial charge on any atom is 0.337 e. The van der Waals surface area contributed by atoms with Crippen molar-refractivity contribution in [3.8, 4) is 11.5 Å². The lowest BCUT2D eigenvalue weighted by molar-refractivity contribution is -0.146. The number of methoxy groups -OCH3 is 2. The van der Waals surface area contributed by atoms with E-state index < -0.39 is 5.97 Å². The number of esters is 2. The summed E-state index contributed by atoms with van der Waals surface area (Å²) in [6.45, 7) is 1.89. The van der Waals surface area contributed by atoms with E-state index in [9.17, 15) is 14.4 Å². The van der Waals surface area contributed by atoms with Crippen molar-refractivity contribution >= 4 is 17.8 Å². The number of hydrogen-bond acceptors (Lipinski definition) is 8. The molecule has 2 aromatic carbocycles. The predicted octanol–water partition coefficient (Wildman–Crippen LogP) is 6.45.